The summed E-state index contributed by atoms with van der Waals surface area (Å²) in [5, 5.41) is 1.07. The fraction of sp³-hybridized carbons (Fsp3) is 0.324. The molecule has 4 aromatic rings. The number of rotatable bonds is 9. The van der Waals surface area contributed by atoms with Crippen molar-refractivity contribution in [1.82, 2.24) is 19.8 Å². The van der Waals surface area contributed by atoms with Gasteiger partial charge in [0.05, 0.1) is 7.11 Å². The molecule has 0 radical (unpaired) electrons. The fourth-order valence-corrected chi connectivity index (χ4v) is 6.70. The van der Waals surface area contributed by atoms with E-state index in [9.17, 15) is 4.79 Å². The number of benzene rings is 3. The van der Waals surface area contributed by atoms with Gasteiger partial charge in [-0.15, -0.1) is 0 Å². The lowest BCUT2D eigenvalue weighted by Crippen LogP contribution is -2.48. The van der Waals surface area contributed by atoms with Crippen molar-refractivity contribution >= 4 is 40.8 Å². The number of carbonyl (C=O) groups excluding carboxylic acids is 1. The third-order valence-electron chi connectivity index (χ3n) is 8.15. The third kappa shape index (κ3) is 7.64. The summed E-state index contributed by atoms with van der Waals surface area (Å²) in [5.74, 6) is 2.44. The highest BCUT2D eigenvalue weighted by molar-refractivity contribution is 7.98. The zero-order chi connectivity index (χ0) is 30.3. The van der Waals surface area contributed by atoms with Crippen molar-refractivity contribution < 1.29 is 9.53 Å². The van der Waals surface area contributed by atoms with Gasteiger partial charge in [-0.1, -0.05) is 65.8 Å². The van der Waals surface area contributed by atoms with Crippen molar-refractivity contribution in [2.24, 2.45) is 0 Å². The second kappa shape index (κ2) is 14.3. The summed E-state index contributed by atoms with van der Waals surface area (Å²) < 4.78 is 5.29. The van der Waals surface area contributed by atoms with Crippen LogP contribution in [0.2, 0.25) is 5.15 Å². The second-order valence-electron chi connectivity index (χ2n) is 11.0. The van der Waals surface area contributed by atoms with E-state index >= 15 is 0 Å². The second-order valence-corrected chi connectivity index (χ2v) is 12.4. The van der Waals surface area contributed by atoms with E-state index in [4.69, 9.17) is 21.3 Å². The molecule has 2 aliphatic heterocycles. The van der Waals surface area contributed by atoms with Crippen LogP contribution in [0, 0.1) is 0 Å². The summed E-state index contributed by atoms with van der Waals surface area (Å²) in [6, 6.07) is 28.4. The van der Waals surface area contributed by atoms with Gasteiger partial charge in [0.15, 0.2) is 5.16 Å². The fourth-order valence-electron chi connectivity index (χ4n) is 5.67. The van der Waals surface area contributed by atoms with Crippen LogP contribution in [0.25, 0.3) is 0 Å². The molecule has 44 heavy (non-hydrogen) atoms. The van der Waals surface area contributed by atoms with Crippen LogP contribution in [-0.2, 0) is 12.3 Å². The number of hydrogen-bond acceptors (Lipinski definition) is 8. The predicted octanol–water partition coefficient (Wildman–Crippen LogP) is 5.72. The quantitative estimate of drug-likeness (QED) is 0.133. The van der Waals surface area contributed by atoms with Crippen molar-refractivity contribution in [3.63, 3.8) is 0 Å². The molecule has 0 aliphatic carbocycles. The van der Waals surface area contributed by atoms with Crippen LogP contribution in [0.1, 0.15) is 21.5 Å². The minimum Gasteiger partial charge on any atom is -0.497 e. The minimum atomic E-state index is 0.0892. The van der Waals surface area contributed by atoms with Gasteiger partial charge in [0.2, 0.25) is 0 Å². The maximum absolute atomic E-state index is 13.3. The van der Waals surface area contributed by atoms with Gasteiger partial charge in [0, 0.05) is 82.0 Å². The van der Waals surface area contributed by atoms with Gasteiger partial charge >= 0.3 is 0 Å². The Balaban J connectivity index is 1.02. The van der Waals surface area contributed by atoms with Gasteiger partial charge in [0.1, 0.15) is 16.7 Å². The Morgan fingerprint density at radius 3 is 2.23 bits per heavy atom. The summed E-state index contributed by atoms with van der Waals surface area (Å²) >= 11 is 7.98. The van der Waals surface area contributed by atoms with Crippen molar-refractivity contribution in [2.75, 3.05) is 69.3 Å². The largest absolute Gasteiger partial charge is 0.497 e. The van der Waals surface area contributed by atoms with Crippen LogP contribution in [0.5, 0.6) is 5.75 Å². The van der Waals surface area contributed by atoms with Crippen LogP contribution < -0.4 is 14.5 Å². The Kier molecular flexibility index (Phi) is 9.85. The molecule has 2 aliphatic rings. The zero-order valence-corrected chi connectivity index (χ0v) is 26.5. The molecule has 6 rings (SSSR count). The van der Waals surface area contributed by atoms with Crippen molar-refractivity contribution in [1.29, 1.82) is 0 Å². The number of methoxy groups -OCH3 is 1. The molecular formula is C34H37ClN6O2S. The summed E-state index contributed by atoms with van der Waals surface area (Å²) in [5.41, 5.74) is 4.28. The van der Waals surface area contributed by atoms with E-state index in [1.165, 1.54) is 23.0 Å². The van der Waals surface area contributed by atoms with Crippen LogP contribution in [0.15, 0.2) is 90.1 Å². The first kappa shape index (κ1) is 30.2. The number of amides is 1. The molecule has 10 heteroatoms. The first-order valence-corrected chi connectivity index (χ1v) is 16.4. The van der Waals surface area contributed by atoms with E-state index in [0.717, 1.165) is 81.6 Å². The normalized spacial score (nSPS) is 15.8. The molecule has 2 fully saturated rings. The highest BCUT2D eigenvalue weighted by Crippen LogP contribution is 2.27. The smallest absolute Gasteiger partial charge is 0.253 e. The van der Waals surface area contributed by atoms with Gasteiger partial charge in [-0.25, -0.2) is 9.97 Å². The molecule has 1 aromatic heterocycles. The molecule has 0 N–H and O–H groups in total. The van der Waals surface area contributed by atoms with Crippen LogP contribution >= 0.6 is 23.4 Å². The van der Waals surface area contributed by atoms with Crippen LogP contribution in [0.4, 0.5) is 11.5 Å². The Labute approximate surface area is 268 Å². The maximum Gasteiger partial charge on any atom is 0.253 e. The van der Waals surface area contributed by atoms with Gasteiger partial charge in [-0.3, -0.25) is 9.69 Å². The molecule has 3 heterocycles. The van der Waals surface area contributed by atoms with Gasteiger partial charge in [-0.05, 0) is 47.5 Å². The number of halogens is 1. The molecule has 0 bridgehead atoms. The average Bonchev–Trinajstić information content (AvgIpc) is 3.08. The van der Waals surface area contributed by atoms with Gasteiger partial charge < -0.3 is 19.4 Å². The van der Waals surface area contributed by atoms with E-state index < -0.39 is 0 Å². The molecule has 0 saturated carbocycles. The molecule has 1 amide bonds. The van der Waals surface area contributed by atoms with E-state index in [-0.39, 0.29) is 5.91 Å². The maximum atomic E-state index is 13.3. The Hall–Kier alpha value is -3.79. The number of carbonyl (C=O) groups is 1. The number of ether oxygens (including phenoxy) is 1. The first-order chi connectivity index (χ1) is 21.5. The Morgan fingerprint density at radius 1 is 0.795 bits per heavy atom. The average molecular weight is 629 g/mol. The Morgan fingerprint density at radius 2 is 1.50 bits per heavy atom. The summed E-state index contributed by atoms with van der Waals surface area (Å²) in [6.07, 6.45) is 0. The standard InChI is InChI=1S/C34H37ClN6O2S/c1-43-30-12-10-29(11-13-30)39-18-20-40(21-19-39)32-23-31(35)36-34(37-32)44-25-27-8-5-9-28(22-27)33(42)41-16-14-38(15-17-41)24-26-6-3-2-4-7-26/h2-13,22-23H,14-21,24-25H2,1H3. The molecule has 0 atom stereocenters. The van der Waals surface area contributed by atoms with Gasteiger partial charge in [-0.2, -0.15) is 0 Å². The number of hydrogen-bond donors (Lipinski definition) is 0. The molecule has 3 aromatic carbocycles. The van der Waals surface area contributed by atoms with E-state index in [0.29, 0.717) is 16.1 Å². The molecule has 2 saturated heterocycles. The van der Waals surface area contributed by atoms with Crippen molar-refractivity contribution in [3.05, 3.63) is 107 Å². The molecule has 8 nitrogen and oxygen atoms in total. The van der Waals surface area contributed by atoms with Crippen molar-refractivity contribution in [3.8, 4) is 5.75 Å². The van der Waals surface area contributed by atoms with Crippen molar-refractivity contribution in [2.45, 2.75) is 17.5 Å². The number of nitrogens with zero attached hydrogens (tertiary/aromatic N) is 6. The third-order valence-corrected chi connectivity index (χ3v) is 9.26. The zero-order valence-electron chi connectivity index (χ0n) is 24.9. The molecule has 0 spiro atoms. The molecule has 228 valence electrons. The lowest BCUT2D eigenvalue weighted by atomic mass is 10.1. The Bertz CT molecular complexity index is 1540. The highest BCUT2D eigenvalue weighted by Gasteiger charge is 2.23. The SMILES string of the molecule is COc1ccc(N2CCN(c3cc(Cl)nc(SCc4cccc(C(=O)N5CCN(Cc6ccccc6)CC5)c4)n3)CC2)cc1. The summed E-state index contributed by atoms with van der Waals surface area (Å²) in [6.45, 7) is 7.60. The number of anilines is 2. The lowest BCUT2D eigenvalue weighted by Gasteiger charge is -2.36. The van der Waals surface area contributed by atoms with Crippen LogP contribution in [-0.4, -0.2) is 85.1 Å². The summed E-state index contributed by atoms with van der Waals surface area (Å²) in [4.78, 5) is 31.7. The monoisotopic (exact) mass is 628 g/mol. The topological polar surface area (TPSA) is 65.0 Å². The highest BCUT2D eigenvalue weighted by atomic mass is 35.5. The number of piperazine rings is 2. The minimum absolute atomic E-state index is 0.0892. The predicted molar refractivity (Wildman–Crippen MR) is 178 cm³/mol. The van der Waals surface area contributed by atoms with E-state index in [1.54, 1.807) is 7.11 Å². The lowest BCUT2D eigenvalue weighted by molar-refractivity contribution is 0.0628. The van der Waals surface area contributed by atoms with Crippen LogP contribution in [0.3, 0.4) is 0 Å². The first-order valence-electron chi connectivity index (χ1n) is 15.0. The number of thioether (sulfide) groups is 1. The molecule has 0 unspecified atom stereocenters. The van der Waals surface area contributed by atoms with E-state index in [2.05, 4.69) is 56.1 Å². The van der Waals surface area contributed by atoms with Gasteiger partial charge in [0.25, 0.3) is 5.91 Å². The number of aromatic nitrogens is 2. The molecular weight excluding hydrogens is 592 g/mol. The van der Waals surface area contributed by atoms with E-state index in [1.807, 2.05) is 53.4 Å². The summed E-state index contributed by atoms with van der Waals surface area (Å²) in [7, 11) is 1.68.